The number of benzene rings is 2. The number of amides is 1. The monoisotopic (exact) mass is 384 g/mol. The first kappa shape index (κ1) is 19.9. The van der Waals surface area contributed by atoms with Gasteiger partial charge in [0.1, 0.15) is 0 Å². The molecule has 2 aliphatic rings. The predicted molar refractivity (Wildman–Crippen MR) is 113 cm³/mol. The van der Waals surface area contributed by atoms with Crippen LogP contribution < -0.4 is 5.32 Å². The molecule has 2 fully saturated rings. The minimum Gasteiger partial charge on any atom is -0.341 e. The summed E-state index contributed by atoms with van der Waals surface area (Å²) < 4.78 is 0. The molecule has 4 heteroatoms. The van der Waals surface area contributed by atoms with Crippen molar-refractivity contribution < 1.29 is 4.79 Å². The van der Waals surface area contributed by atoms with Gasteiger partial charge in [0.05, 0.1) is 0 Å². The molecule has 27 heavy (non-hydrogen) atoms. The molecular weight excluding hydrogens is 356 g/mol. The van der Waals surface area contributed by atoms with Crippen LogP contribution in [0.4, 0.5) is 0 Å². The van der Waals surface area contributed by atoms with Crippen LogP contribution in [0.2, 0.25) is 0 Å². The zero-order chi connectivity index (χ0) is 17.9. The van der Waals surface area contributed by atoms with Crippen LogP contribution in [0.15, 0.2) is 54.6 Å². The summed E-state index contributed by atoms with van der Waals surface area (Å²) >= 11 is 0. The summed E-state index contributed by atoms with van der Waals surface area (Å²) in [6.07, 6.45) is 5.59. The Morgan fingerprint density at radius 3 is 2.33 bits per heavy atom. The molecule has 0 aliphatic carbocycles. The van der Waals surface area contributed by atoms with Crippen LogP contribution in [-0.2, 0) is 11.3 Å². The second-order valence-electron chi connectivity index (χ2n) is 7.95. The lowest BCUT2D eigenvalue weighted by Gasteiger charge is -2.30. The Bertz CT molecular complexity index is 752. The van der Waals surface area contributed by atoms with E-state index in [1.807, 2.05) is 18.0 Å². The lowest BCUT2D eigenvalue weighted by molar-refractivity contribution is -0.131. The van der Waals surface area contributed by atoms with E-state index in [-0.39, 0.29) is 18.3 Å². The summed E-state index contributed by atoms with van der Waals surface area (Å²) in [7, 11) is 1.94. The second-order valence-corrected chi connectivity index (χ2v) is 7.95. The van der Waals surface area contributed by atoms with Gasteiger partial charge in [0.2, 0.25) is 5.91 Å². The average Bonchev–Trinajstić information content (AvgIpc) is 3.01. The second kappa shape index (κ2) is 8.90. The molecule has 4 rings (SSSR count). The molecular formula is C23H29ClN2O. The molecule has 0 saturated carbocycles. The molecule has 2 aliphatic heterocycles. The van der Waals surface area contributed by atoms with Gasteiger partial charge in [-0.3, -0.25) is 4.79 Å². The summed E-state index contributed by atoms with van der Waals surface area (Å²) in [5.41, 5.74) is 3.63. The first-order valence-electron chi connectivity index (χ1n) is 9.82. The van der Waals surface area contributed by atoms with Crippen LogP contribution in [0.5, 0.6) is 0 Å². The van der Waals surface area contributed by atoms with Crippen LogP contribution in [0.1, 0.15) is 37.7 Å². The SMILES string of the molecule is CN(Cc1ccccc1-c1ccccc1)C(=O)CC1CC2CCC(C1)N2.Cl. The first-order chi connectivity index (χ1) is 12.7. The van der Waals surface area contributed by atoms with Crippen molar-refractivity contribution in [3.63, 3.8) is 0 Å². The lowest BCUT2D eigenvalue weighted by Crippen LogP contribution is -2.39. The molecule has 2 bridgehead atoms. The first-order valence-corrected chi connectivity index (χ1v) is 9.82. The molecule has 2 aromatic carbocycles. The zero-order valence-electron chi connectivity index (χ0n) is 15.9. The van der Waals surface area contributed by atoms with Crippen LogP contribution in [0, 0.1) is 5.92 Å². The molecule has 0 spiro atoms. The molecule has 0 radical (unpaired) electrons. The fraction of sp³-hybridized carbons (Fsp3) is 0.435. The summed E-state index contributed by atoms with van der Waals surface area (Å²) in [6.45, 7) is 0.668. The fourth-order valence-electron chi connectivity index (χ4n) is 4.65. The number of carbonyl (C=O) groups is 1. The highest BCUT2D eigenvalue weighted by Gasteiger charge is 2.34. The van der Waals surface area contributed by atoms with Crippen molar-refractivity contribution in [1.82, 2.24) is 10.2 Å². The Balaban J connectivity index is 0.00000210. The zero-order valence-corrected chi connectivity index (χ0v) is 16.8. The van der Waals surface area contributed by atoms with Crippen molar-refractivity contribution in [3.8, 4) is 11.1 Å². The van der Waals surface area contributed by atoms with Crippen molar-refractivity contribution in [2.75, 3.05) is 7.05 Å². The van der Waals surface area contributed by atoms with Crippen molar-refractivity contribution >= 4 is 18.3 Å². The van der Waals surface area contributed by atoms with E-state index in [4.69, 9.17) is 0 Å². The van der Waals surface area contributed by atoms with E-state index in [1.54, 1.807) is 0 Å². The van der Waals surface area contributed by atoms with Crippen LogP contribution in [0.3, 0.4) is 0 Å². The number of nitrogens with zero attached hydrogens (tertiary/aromatic N) is 1. The van der Waals surface area contributed by atoms with E-state index in [1.165, 1.54) is 29.5 Å². The smallest absolute Gasteiger partial charge is 0.222 e. The number of halogens is 1. The number of fused-ring (bicyclic) bond motifs is 2. The van der Waals surface area contributed by atoms with E-state index in [0.717, 1.165) is 12.8 Å². The van der Waals surface area contributed by atoms with Gasteiger partial charge in [-0.05, 0) is 48.3 Å². The number of nitrogens with one attached hydrogen (secondary N) is 1. The highest BCUT2D eigenvalue weighted by Crippen LogP contribution is 2.33. The van der Waals surface area contributed by atoms with Crippen LogP contribution in [0.25, 0.3) is 11.1 Å². The third-order valence-electron chi connectivity index (χ3n) is 5.97. The normalized spacial score (nSPS) is 23.5. The van der Waals surface area contributed by atoms with Gasteiger partial charge in [0.15, 0.2) is 0 Å². The number of hydrogen-bond donors (Lipinski definition) is 1. The van der Waals surface area contributed by atoms with Gasteiger partial charge in [-0.1, -0.05) is 54.6 Å². The van der Waals surface area contributed by atoms with Crippen molar-refractivity contribution in [1.29, 1.82) is 0 Å². The van der Waals surface area contributed by atoms with Crippen molar-refractivity contribution in [3.05, 3.63) is 60.2 Å². The number of hydrogen-bond acceptors (Lipinski definition) is 2. The Kier molecular flexibility index (Phi) is 6.56. The highest BCUT2D eigenvalue weighted by atomic mass is 35.5. The van der Waals surface area contributed by atoms with Gasteiger partial charge in [-0.2, -0.15) is 0 Å². The molecule has 2 saturated heterocycles. The molecule has 1 amide bonds. The minimum absolute atomic E-state index is 0. The number of piperidine rings is 1. The summed E-state index contributed by atoms with van der Waals surface area (Å²) in [5.74, 6) is 0.826. The van der Waals surface area contributed by atoms with Gasteiger partial charge >= 0.3 is 0 Å². The highest BCUT2D eigenvalue weighted by molar-refractivity contribution is 5.85. The van der Waals surface area contributed by atoms with Crippen LogP contribution >= 0.6 is 12.4 Å². The molecule has 2 atom stereocenters. The van der Waals surface area contributed by atoms with Crippen molar-refractivity contribution in [2.24, 2.45) is 5.92 Å². The molecule has 2 heterocycles. The molecule has 1 N–H and O–H groups in total. The Hall–Kier alpha value is -1.84. The molecule has 2 aromatic rings. The Morgan fingerprint density at radius 2 is 1.63 bits per heavy atom. The predicted octanol–water partition coefficient (Wildman–Crippen LogP) is 4.65. The fourth-order valence-corrected chi connectivity index (χ4v) is 4.65. The third-order valence-corrected chi connectivity index (χ3v) is 5.97. The van der Waals surface area contributed by atoms with Gasteiger partial charge in [-0.15, -0.1) is 12.4 Å². The van der Waals surface area contributed by atoms with Gasteiger partial charge in [0.25, 0.3) is 0 Å². The average molecular weight is 385 g/mol. The molecule has 2 unspecified atom stereocenters. The largest absolute Gasteiger partial charge is 0.341 e. The Morgan fingerprint density at radius 1 is 1.00 bits per heavy atom. The summed E-state index contributed by atoms with van der Waals surface area (Å²) in [6, 6.07) is 20.1. The third kappa shape index (κ3) is 4.72. The van der Waals surface area contributed by atoms with Crippen LogP contribution in [-0.4, -0.2) is 29.9 Å². The lowest BCUT2D eigenvalue weighted by atomic mass is 9.89. The summed E-state index contributed by atoms with van der Waals surface area (Å²) in [5, 5.41) is 3.66. The maximum Gasteiger partial charge on any atom is 0.222 e. The number of carbonyl (C=O) groups excluding carboxylic acids is 1. The maximum atomic E-state index is 12.8. The van der Waals surface area contributed by atoms with Gasteiger partial charge in [-0.25, -0.2) is 0 Å². The topological polar surface area (TPSA) is 32.3 Å². The quantitative estimate of drug-likeness (QED) is 0.813. The van der Waals surface area contributed by atoms with E-state index in [9.17, 15) is 4.79 Å². The Labute approximate surface area is 168 Å². The standard InChI is InChI=1S/C23H28N2O.ClH/c1-25(23(26)15-17-13-20-11-12-21(14-17)24-20)16-19-9-5-6-10-22(19)18-7-3-2-4-8-18;/h2-10,17,20-21,24H,11-16H2,1H3;1H. The van der Waals surface area contributed by atoms with Gasteiger partial charge < -0.3 is 10.2 Å². The van der Waals surface area contributed by atoms with Gasteiger partial charge in [0, 0.05) is 32.1 Å². The van der Waals surface area contributed by atoms with Crippen molar-refractivity contribution in [2.45, 2.75) is 50.7 Å². The molecule has 3 nitrogen and oxygen atoms in total. The van der Waals surface area contributed by atoms with E-state index in [0.29, 0.717) is 31.0 Å². The molecule has 144 valence electrons. The minimum atomic E-state index is 0. The van der Waals surface area contributed by atoms with E-state index < -0.39 is 0 Å². The molecule has 0 aromatic heterocycles. The maximum absolute atomic E-state index is 12.8. The van der Waals surface area contributed by atoms with E-state index >= 15 is 0 Å². The van der Waals surface area contributed by atoms with E-state index in [2.05, 4.69) is 53.8 Å². The number of rotatable bonds is 5. The summed E-state index contributed by atoms with van der Waals surface area (Å²) in [4.78, 5) is 14.7.